The van der Waals surface area contributed by atoms with Crippen molar-refractivity contribution in [1.29, 1.82) is 0 Å². The molecule has 0 spiro atoms. The topological polar surface area (TPSA) is 36.4 Å². The van der Waals surface area contributed by atoms with Gasteiger partial charge in [-0.2, -0.15) is 11.8 Å². The molecular weight excluding hydrogens is 309 g/mol. The number of nitrogens with one attached hydrogen (secondary N) is 2. The molecule has 0 aliphatic rings. The van der Waals surface area contributed by atoms with E-state index in [0.717, 1.165) is 24.8 Å². The zero-order valence-corrected chi connectivity index (χ0v) is 12.6. The summed E-state index contributed by atoms with van der Waals surface area (Å²) in [5, 5.41) is 6.47. The minimum atomic E-state index is 0. The molecule has 0 aliphatic heterocycles. The predicted octanol–water partition coefficient (Wildman–Crippen LogP) is 1.93. The molecule has 86 valence electrons. The minimum absolute atomic E-state index is 0. The lowest BCUT2D eigenvalue weighted by molar-refractivity contribution is 0.702. The van der Waals surface area contributed by atoms with Gasteiger partial charge in [0, 0.05) is 18.3 Å². The van der Waals surface area contributed by atoms with Crippen molar-refractivity contribution >= 4 is 41.7 Å². The molecule has 0 atom stereocenters. The Labute approximate surface area is 109 Å². The Morgan fingerprint density at radius 3 is 2.50 bits per heavy atom. The molecule has 0 fully saturated rings. The fourth-order valence-electron chi connectivity index (χ4n) is 0.842. The van der Waals surface area contributed by atoms with Crippen molar-refractivity contribution in [1.82, 2.24) is 10.6 Å². The van der Waals surface area contributed by atoms with E-state index in [0.29, 0.717) is 6.04 Å². The summed E-state index contributed by atoms with van der Waals surface area (Å²) in [6.45, 7) is 8.09. The number of guanidine groups is 1. The highest BCUT2D eigenvalue weighted by molar-refractivity contribution is 14.0. The van der Waals surface area contributed by atoms with Gasteiger partial charge in [-0.15, -0.1) is 24.0 Å². The van der Waals surface area contributed by atoms with E-state index in [4.69, 9.17) is 0 Å². The fourth-order valence-corrected chi connectivity index (χ4v) is 1.12. The molecule has 0 aliphatic carbocycles. The van der Waals surface area contributed by atoms with Crippen molar-refractivity contribution < 1.29 is 0 Å². The van der Waals surface area contributed by atoms with Crippen LogP contribution in [0.3, 0.4) is 0 Å². The zero-order chi connectivity index (χ0) is 10.1. The van der Waals surface area contributed by atoms with Crippen LogP contribution in [0.5, 0.6) is 0 Å². The van der Waals surface area contributed by atoms with Crippen molar-refractivity contribution in [3.63, 3.8) is 0 Å². The Hall–Kier alpha value is 0.350. The first-order valence-corrected chi connectivity index (χ1v) is 6.13. The highest BCUT2D eigenvalue weighted by Crippen LogP contribution is 1.90. The van der Waals surface area contributed by atoms with Crippen LogP contribution in [0.1, 0.15) is 20.8 Å². The fraction of sp³-hybridized carbons (Fsp3) is 0.889. The summed E-state index contributed by atoms with van der Waals surface area (Å²) in [5.74, 6) is 2.00. The third-order valence-corrected chi connectivity index (χ3v) is 1.93. The summed E-state index contributed by atoms with van der Waals surface area (Å²) >= 11 is 1.82. The second-order valence-corrected chi connectivity index (χ2v) is 4.04. The smallest absolute Gasteiger partial charge is 0.191 e. The van der Waals surface area contributed by atoms with Crippen LogP contribution in [0.25, 0.3) is 0 Å². The molecule has 5 heteroatoms. The predicted molar refractivity (Wildman–Crippen MR) is 78.0 cm³/mol. The van der Waals surface area contributed by atoms with Gasteiger partial charge in [0.05, 0.1) is 6.54 Å². The van der Waals surface area contributed by atoms with Crippen molar-refractivity contribution in [3.8, 4) is 0 Å². The van der Waals surface area contributed by atoms with Gasteiger partial charge in [0.15, 0.2) is 5.96 Å². The second-order valence-electron chi connectivity index (χ2n) is 3.05. The van der Waals surface area contributed by atoms with Gasteiger partial charge in [-0.3, -0.25) is 4.99 Å². The van der Waals surface area contributed by atoms with E-state index < -0.39 is 0 Å². The van der Waals surface area contributed by atoms with Crippen LogP contribution >= 0.6 is 35.7 Å². The molecule has 0 saturated heterocycles. The van der Waals surface area contributed by atoms with Crippen LogP contribution in [0.4, 0.5) is 0 Å². The maximum Gasteiger partial charge on any atom is 0.191 e. The Balaban J connectivity index is 0. The lowest BCUT2D eigenvalue weighted by Crippen LogP contribution is -2.41. The summed E-state index contributed by atoms with van der Waals surface area (Å²) in [7, 11) is 0. The van der Waals surface area contributed by atoms with Crippen molar-refractivity contribution in [2.24, 2.45) is 4.99 Å². The van der Waals surface area contributed by atoms with E-state index in [1.54, 1.807) is 0 Å². The van der Waals surface area contributed by atoms with Crippen molar-refractivity contribution in [3.05, 3.63) is 0 Å². The highest BCUT2D eigenvalue weighted by atomic mass is 127. The summed E-state index contributed by atoms with van der Waals surface area (Å²) in [5.41, 5.74) is 0. The molecule has 0 amide bonds. The van der Waals surface area contributed by atoms with Gasteiger partial charge in [0.1, 0.15) is 0 Å². The van der Waals surface area contributed by atoms with E-state index in [2.05, 4.69) is 42.7 Å². The Kier molecular flexibility index (Phi) is 13.7. The quantitative estimate of drug-likeness (QED) is 0.350. The van der Waals surface area contributed by atoms with Gasteiger partial charge in [0.2, 0.25) is 0 Å². The van der Waals surface area contributed by atoms with Crippen LogP contribution in [0.2, 0.25) is 0 Å². The molecule has 3 nitrogen and oxygen atoms in total. The summed E-state index contributed by atoms with van der Waals surface area (Å²) in [6, 6.07) is 0.437. The Morgan fingerprint density at radius 1 is 1.43 bits per heavy atom. The number of rotatable bonds is 5. The van der Waals surface area contributed by atoms with Crippen LogP contribution < -0.4 is 10.6 Å². The first-order valence-electron chi connectivity index (χ1n) is 4.74. The molecule has 0 heterocycles. The van der Waals surface area contributed by atoms with Gasteiger partial charge in [-0.05, 0) is 27.0 Å². The molecule has 2 N–H and O–H groups in total. The van der Waals surface area contributed by atoms with E-state index in [1.807, 2.05) is 11.8 Å². The number of hydrogen-bond donors (Lipinski definition) is 2. The molecule has 0 aromatic carbocycles. The molecule has 0 radical (unpaired) electrons. The van der Waals surface area contributed by atoms with E-state index in [1.165, 1.54) is 0 Å². The largest absolute Gasteiger partial charge is 0.357 e. The summed E-state index contributed by atoms with van der Waals surface area (Å²) < 4.78 is 0. The van der Waals surface area contributed by atoms with Crippen molar-refractivity contribution in [2.75, 3.05) is 25.1 Å². The standard InChI is InChI=1S/C9H21N3S.HI/c1-5-10-9(12-8(2)3)11-6-7-13-4;/h8H,5-7H2,1-4H3,(H2,10,11,12);1H. The first kappa shape index (κ1) is 16.8. The maximum atomic E-state index is 4.42. The minimum Gasteiger partial charge on any atom is -0.357 e. The van der Waals surface area contributed by atoms with Gasteiger partial charge >= 0.3 is 0 Å². The molecular formula is C9H22IN3S. The average molecular weight is 331 g/mol. The van der Waals surface area contributed by atoms with E-state index in [9.17, 15) is 0 Å². The number of halogens is 1. The number of nitrogens with zero attached hydrogens (tertiary/aromatic N) is 1. The number of aliphatic imine (C=N–C) groups is 1. The normalized spacial score (nSPS) is 11.1. The molecule has 0 unspecified atom stereocenters. The van der Waals surface area contributed by atoms with Crippen LogP contribution in [0, 0.1) is 0 Å². The SMILES string of the molecule is CCNC(=NCCSC)NC(C)C.I. The molecule has 0 rings (SSSR count). The summed E-state index contributed by atoms with van der Waals surface area (Å²) in [6.07, 6.45) is 2.10. The highest BCUT2D eigenvalue weighted by Gasteiger charge is 1.97. The van der Waals surface area contributed by atoms with Crippen molar-refractivity contribution in [2.45, 2.75) is 26.8 Å². The van der Waals surface area contributed by atoms with Crippen LogP contribution in [0.15, 0.2) is 4.99 Å². The molecule has 0 aromatic rings. The lowest BCUT2D eigenvalue weighted by Gasteiger charge is -2.13. The molecule has 0 saturated carbocycles. The van der Waals surface area contributed by atoms with Gasteiger partial charge in [-0.25, -0.2) is 0 Å². The van der Waals surface area contributed by atoms with Gasteiger partial charge in [-0.1, -0.05) is 0 Å². The van der Waals surface area contributed by atoms with Gasteiger partial charge < -0.3 is 10.6 Å². The Morgan fingerprint density at radius 2 is 2.07 bits per heavy atom. The molecule has 0 bridgehead atoms. The van der Waals surface area contributed by atoms with E-state index >= 15 is 0 Å². The summed E-state index contributed by atoms with van der Waals surface area (Å²) in [4.78, 5) is 4.42. The van der Waals surface area contributed by atoms with Gasteiger partial charge in [0.25, 0.3) is 0 Å². The lowest BCUT2D eigenvalue weighted by atomic mass is 10.4. The van der Waals surface area contributed by atoms with Crippen LogP contribution in [-0.2, 0) is 0 Å². The second kappa shape index (κ2) is 11.4. The molecule has 14 heavy (non-hydrogen) atoms. The average Bonchev–Trinajstić information content (AvgIpc) is 2.04. The number of hydrogen-bond acceptors (Lipinski definition) is 2. The number of thioether (sulfide) groups is 1. The van der Waals surface area contributed by atoms with E-state index in [-0.39, 0.29) is 24.0 Å². The first-order chi connectivity index (χ1) is 6.20. The maximum absolute atomic E-state index is 4.42. The monoisotopic (exact) mass is 331 g/mol. The third-order valence-electron chi connectivity index (χ3n) is 1.33. The third kappa shape index (κ3) is 10.4. The Bertz CT molecular complexity index is 151. The zero-order valence-electron chi connectivity index (χ0n) is 9.46. The van der Waals surface area contributed by atoms with Crippen LogP contribution in [-0.4, -0.2) is 37.1 Å². The molecule has 0 aromatic heterocycles.